The van der Waals surface area contributed by atoms with Crippen LogP contribution in [0.1, 0.15) is 52.7 Å². The monoisotopic (exact) mass is 250 g/mol. The lowest BCUT2D eigenvalue weighted by atomic mass is 10.1. The molecular formula is C16H26O2. The zero-order chi connectivity index (χ0) is 13.8. The van der Waals surface area contributed by atoms with Gasteiger partial charge in [0.25, 0.3) is 0 Å². The Morgan fingerprint density at radius 3 is 1.50 bits per heavy atom. The Labute approximate surface area is 111 Å². The van der Waals surface area contributed by atoms with Crippen molar-refractivity contribution in [2.75, 3.05) is 0 Å². The summed E-state index contributed by atoms with van der Waals surface area (Å²) in [6.45, 7) is 13.7. The zero-order valence-corrected chi connectivity index (χ0v) is 12.5. The highest BCUT2D eigenvalue weighted by atomic mass is 16.5. The molecule has 0 spiro atoms. The van der Waals surface area contributed by atoms with Gasteiger partial charge in [0, 0.05) is 0 Å². The highest BCUT2D eigenvalue weighted by Crippen LogP contribution is 2.15. The minimum Gasteiger partial charge on any atom is -0.371 e. The molecule has 0 radical (unpaired) electrons. The largest absolute Gasteiger partial charge is 0.371 e. The van der Waals surface area contributed by atoms with Crippen LogP contribution in [0, 0.1) is 0 Å². The number of rotatable bonds is 4. The van der Waals surface area contributed by atoms with Crippen molar-refractivity contribution in [2.45, 2.75) is 66.0 Å². The second-order valence-corrected chi connectivity index (χ2v) is 6.62. The maximum atomic E-state index is 5.77. The van der Waals surface area contributed by atoms with Gasteiger partial charge in [0.2, 0.25) is 0 Å². The van der Waals surface area contributed by atoms with Gasteiger partial charge < -0.3 is 9.47 Å². The molecule has 0 aliphatic carbocycles. The van der Waals surface area contributed by atoms with Crippen LogP contribution >= 0.6 is 0 Å². The summed E-state index contributed by atoms with van der Waals surface area (Å²) in [5, 5.41) is 0. The molecule has 0 fully saturated rings. The molecule has 0 N–H and O–H groups in total. The van der Waals surface area contributed by atoms with Gasteiger partial charge in [-0.1, -0.05) is 24.3 Å². The predicted octanol–water partition coefficient (Wildman–Crippen LogP) is 4.32. The van der Waals surface area contributed by atoms with E-state index in [4.69, 9.17) is 9.47 Å². The van der Waals surface area contributed by atoms with E-state index in [0.717, 1.165) is 0 Å². The van der Waals surface area contributed by atoms with Gasteiger partial charge >= 0.3 is 0 Å². The Kier molecular flexibility index (Phi) is 4.94. The molecule has 1 rings (SSSR count). The smallest absolute Gasteiger partial charge is 0.0724 e. The van der Waals surface area contributed by atoms with Gasteiger partial charge in [0.15, 0.2) is 0 Å². The van der Waals surface area contributed by atoms with Crippen molar-refractivity contribution in [3.63, 3.8) is 0 Å². The van der Waals surface area contributed by atoms with Gasteiger partial charge in [0.05, 0.1) is 24.4 Å². The number of benzene rings is 1. The van der Waals surface area contributed by atoms with E-state index in [9.17, 15) is 0 Å². The Morgan fingerprint density at radius 1 is 0.778 bits per heavy atom. The summed E-state index contributed by atoms with van der Waals surface area (Å²) in [6, 6.07) is 8.39. The van der Waals surface area contributed by atoms with Crippen LogP contribution in [0.2, 0.25) is 0 Å². The van der Waals surface area contributed by atoms with Crippen LogP contribution in [-0.2, 0) is 22.7 Å². The lowest BCUT2D eigenvalue weighted by molar-refractivity contribution is -0.0171. The van der Waals surface area contributed by atoms with Crippen LogP contribution in [0.5, 0.6) is 0 Å². The van der Waals surface area contributed by atoms with Crippen LogP contribution in [0.25, 0.3) is 0 Å². The van der Waals surface area contributed by atoms with Gasteiger partial charge in [-0.2, -0.15) is 0 Å². The van der Waals surface area contributed by atoms with Gasteiger partial charge in [-0.25, -0.2) is 0 Å². The Hall–Kier alpha value is -0.860. The molecule has 2 heteroatoms. The van der Waals surface area contributed by atoms with Crippen molar-refractivity contribution in [3.05, 3.63) is 35.4 Å². The fourth-order valence-corrected chi connectivity index (χ4v) is 1.41. The van der Waals surface area contributed by atoms with E-state index < -0.39 is 0 Å². The summed E-state index contributed by atoms with van der Waals surface area (Å²) in [6.07, 6.45) is 0. The lowest BCUT2D eigenvalue weighted by Crippen LogP contribution is -2.19. The van der Waals surface area contributed by atoms with Crippen molar-refractivity contribution in [2.24, 2.45) is 0 Å². The molecule has 0 saturated heterocycles. The van der Waals surface area contributed by atoms with E-state index in [-0.39, 0.29) is 11.2 Å². The average molecular weight is 250 g/mol. The van der Waals surface area contributed by atoms with Crippen molar-refractivity contribution in [1.82, 2.24) is 0 Å². The Morgan fingerprint density at radius 2 is 1.17 bits per heavy atom. The first-order valence-electron chi connectivity index (χ1n) is 6.51. The highest BCUT2D eigenvalue weighted by Gasteiger charge is 2.12. The maximum absolute atomic E-state index is 5.77. The summed E-state index contributed by atoms with van der Waals surface area (Å²) < 4.78 is 11.5. The van der Waals surface area contributed by atoms with Crippen LogP contribution in [0.3, 0.4) is 0 Å². The molecule has 0 saturated carbocycles. The number of hydrogen-bond donors (Lipinski definition) is 0. The zero-order valence-electron chi connectivity index (χ0n) is 12.5. The number of ether oxygens (including phenoxy) is 2. The van der Waals surface area contributed by atoms with Crippen molar-refractivity contribution >= 4 is 0 Å². The first-order chi connectivity index (χ1) is 8.16. The first kappa shape index (κ1) is 15.2. The van der Waals surface area contributed by atoms with Crippen LogP contribution < -0.4 is 0 Å². The molecule has 0 amide bonds. The SMILES string of the molecule is CC(C)(C)OCc1cccc(COC(C)(C)C)c1. The van der Waals surface area contributed by atoms with E-state index in [1.807, 2.05) is 0 Å². The molecule has 0 aliphatic rings. The van der Waals surface area contributed by atoms with Crippen molar-refractivity contribution < 1.29 is 9.47 Å². The molecular weight excluding hydrogens is 224 g/mol. The summed E-state index contributed by atoms with van der Waals surface area (Å²) >= 11 is 0. The van der Waals surface area contributed by atoms with Crippen LogP contribution in [-0.4, -0.2) is 11.2 Å². The molecule has 1 aromatic rings. The topological polar surface area (TPSA) is 18.5 Å². The standard InChI is InChI=1S/C16H26O2/c1-15(2,3)17-11-13-8-7-9-14(10-13)12-18-16(4,5)6/h7-10H,11-12H2,1-6H3. The summed E-state index contributed by atoms with van der Waals surface area (Å²) in [4.78, 5) is 0. The van der Waals surface area contributed by atoms with Crippen molar-refractivity contribution in [3.8, 4) is 0 Å². The number of hydrogen-bond acceptors (Lipinski definition) is 2. The normalized spacial score (nSPS) is 12.8. The molecule has 2 nitrogen and oxygen atoms in total. The second-order valence-electron chi connectivity index (χ2n) is 6.62. The molecule has 0 aliphatic heterocycles. The second kappa shape index (κ2) is 5.85. The minimum atomic E-state index is -0.0993. The molecule has 1 aromatic carbocycles. The fraction of sp³-hybridized carbons (Fsp3) is 0.625. The molecule has 18 heavy (non-hydrogen) atoms. The Bertz CT molecular complexity index is 336. The van der Waals surface area contributed by atoms with Crippen molar-refractivity contribution in [1.29, 1.82) is 0 Å². The quantitative estimate of drug-likeness (QED) is 0.792. The molecule has 0 bridgehead atoms. The maximum Gasteiger partial charge on any atom is 0.0724 e. The van der Waals surface area contributed by atoms with E-state index in [1.54, 1.807) is 0 Å². The lowest BCUT2D eigenvalue weighted by Gasteiger charge is -2.21. The highest BCUT2D eigenvalue weighted by molar-refractivity contribution is 5.22. The van der Waals surface area contributed by atoms with E-state index in [0.29, 0.717) is 13.2 Å². The average Bonchev–Trinajstić information content (AvgIpc) is 2.22. The van der Waals surface area contributed by atoms with Crippen LogP contribution in [0.15, 0.2) is 24.3 Å². The molecule has 102 valence electrons. The van der Waals surface area contributed by atoms with Gasteiger partial charge in [-0.3, -0.25) is 0 Å². The third-order valence-corrected chi connectivity index (χ3v) is 2.34. The fourth-order valence-electron chi connectivity index (χ4n) is 1.41. The van der Waals surface area contributed by atoms with E-state index in [1.165, 1.54) is 11.1 Å². The van der Waals surface area contributed by atoms with Crippen LogP contribution in [0.4, 0.5) is 0 Å². The summed E-state index contributed by atoms with van der Waals surface area (Å²) in [7, 11) is 0. The van der Waals surface area contributed by atoms with E-state index >= 15 is 0 Å². The molecule has 0 aromatic heterocycles. The molecule has 0 unspecified atom stereocenters. The minimum absolute atomic E-state index is 0.0993. The predicted molar refractivity (Wildman–Crippen MR) is 75.5 cm³/mol. The van der Waals surface area contributed by atoms with Gasteiger partial charge in [-0.15, -0.1) is 0 Å². The summed E-state index contributed by atoms with van der Waals surface area (Å²) in [5.74, 6) is 0. The third-order valence-electron chi connectivity index (χ3n) is 2.34. The summed E-state index contributed by atoms with van der Waals surface area (Å²) in [5.41, 5.74) is 2.19. The molecule has 0 heterocycles. The van der Waals surface area contributed by atoms with Gasteiger partial charge in [0.1, 0.15) is 0 Å². The third kappa shape index (κ3) is 6.77. The molecule has 0 atom stereocenters. The van der Waals surface area contributed by atoms with E-state index in [2.05, 4.69) is 65.8 Å². The van der Waals surface area contributed by atoms with Gasteiger partial charge in [-0.05, 0) is 52.7 Å². The first-order valence-corrected chi connectivity index (χ1v) is 6.51. The Balaban J connectivity index is 2.57.